The van der Waals surface area contributed by atoms with Crippen molar-refractivity contribution in [3.05, 3.63) is 58.1 Å². The highest BCUT2D eigenvalue weighted by atomic mass is 35.5. The second-order valence-corrected chi connectivity index (χ2v) is 6.92. The summed E-state index contributed by atoms with van der Waals surface area (Å²) >= 11 is 5.86. The Morgan fingerprint density at radius 3 is 2.61 bits per heavy atom. The van der Waals surface area contributed by atoms with Crippen LogP contribution in [-0.2, 0) is 14.3 Å². The molecule has 0 atom stereocenters. The predicted molar refractivity (Wildman–Crippen MR) is 107 cm³/mol. The van der Waals surface area contributed by atoms with Crippen LogP contribution in [0.1, 0.15) is 36.5 Å². The Labute approximate surface area is 169 Å². The Hall–Kier alpha value is -3.04. The number of carbonyl (C=O) groups excluding carboxylic acids is 2. The van der Waals surface area contributed by atoms with Gasteiger partial charge >= 0.3 is 5.97 Å². The Morgan fingerprint density at radius 1 is 1.18 bits per heavy atom. The fourth-order valence-electron chi connectivity index (χ4n) is 2.36. The Balaban J connectivity index is 1.86. The lowest BCUT2D eigenvalue weighted by Crippen LogP contribution is -2.24. The van der Waals surface area contributed by atoms with Crippen LogP contribution in [0.3, 0.4) is 0 Å². The van der Waals surface area contributed by atoms with Gasteiger partial charge < -0.3 is 14.8 Å². The minimum atomic E-state index is -0.670. The third kappa shape index (κ3) is 6.00. The van der Waals surface area contributed by atoms with E-state index in [0.717, 1.165) is 11.1 Å². The van der Waals surface area contributed by atoms with Gasteiger partial charge in [-0.2, -0.15) is 5.26 Å². The summed E-state index contributed by atoms with van der Waals surface area (Å²) < 4.78 is 10.5. The molecule has 0 aliphatic heterocycles. The summed E-state index contributed by atoms with van der Waals surface area (Å²) in [6.07, 6.45) is 0. The molecule has 0 bridgehead atoms. The van der Waals surface area contributed by atoms with Gasteiger partial charge in [-0.1, -0.05) is 37.6 Å². The number of rotatable bonds is 7. The molecule has 28 heavy (non-hydrogen) atoms. The second-order valence-electron chi connectivity index (χ2n) is 6.48. The van der Waals surface area contributed by atoms with Crippen LogP contribution in [0.5, 0.6) is 5.75 Å². The van der Waals surface area contributed by atoms with Gasteiger partial charge in [0.25, 0.3) is 5.91 Å². The minimum absolute atomic E-state index is 0.257. The highest BCUT2D eigenvalue weighted by Crippen LogP contribution is 2.24. The summed E-state index contributed by atoms with van der Waals surface area (Å²) in [4.78, 5) is 23.8. The van der Waals surface area contributed by atoms with Gasteiger partial charge in [-0.3, -0.25) is 4.79 Å². The maximum atomic E-state index is 12.0. The number of esters is 1. The molecule has 0 spiro atoms. The van der Waals surface area contributed by atoms with Crippen molar-refractivity contribution in [2.24, 2.45) is 0 Å². The molecule has 0 radical (unpaired) electrons. The Morgan fingerprint density at radius 2 is 1.93 bits per heavy atom. The molecule has 1 N–H and O–H groups in total. The summed E-state index contributed by atoms with van der Waals surface area (Å²) in [6.45, 7) is 5.22. The number of nitrogens with one attached hydrogen (secondary N) is 1. The van der Waals surface area contributed by atoms with Gasteiger partial charge in [0, 0.05) is 5.02 Å². The van der Waals surface area contributed by atoms with E-state index in [0.29, 0.717) is 16.7 Å². The van der Waals surface area contributed by atoms with Gasteiger partial charge in [0.15, 0.2) is 13.2 Å². The van der Waals surface area contributed by atoms with Crippen molar-refractivity contribution < 1.29 is 19.1 Å². The largest absolute Gasteiger partial charge is 0.482 e. The number of aryl methyl sites for hydroxylation is 1. The highest BCUT2D eigenvalue weighted by molar-refractivity contribution is 6.31. The zero-order valence-corrected chi connectivity index (χ0v) is 16.7. The summed E-state index contributed by atoms with van der Waals surface area (Å²) in [5.41, 5.74) is 2.52. The first kappa shape index (κ1) is 21.3. The van der Waals surface area contributed by atoms with Crippen molar-refractivity contribution >= 4 is 29.2 Å². The van der Waals surface area contributed by atoms with Crippen molar-refractivity contribution in [3.8, 4) is 11.8 Å². The first-order chi connectivity index (χ1) is 13.3. The molecule has 0 saturated heterocycles. The van der Waals surface area contributed by atoms with Gasteiger partial charge in [0.2, 0.25) is 0 Å². The molecule has 0 aliphatic carbocycles. The van der Waals surface area contributed by atoms with Crippen molar-refractivity contribution in [1.29, 1.82) is 5.26 Å². The van der Waals surface area contributed by atoms with Crippen LogP contribution in [0.25, 0.3) is 0 Å². The van der Waals surface area contributed by atoms with Crippen LogP contribution in [0, 0.1) is 18.3 Å². The molecule has 0 saturated carbocycles. The van der Waals surface area contributed by atoms with E-state index in [1.54, 1.807) is 6.07 Å². The molecule has 0 heterocycles. The number of anilines is 1. The van der Waals surface area contributed by atoms with E-state index in [9.17, 15) is 9.59 Å². The standard InChI is InChI=1S/C21H21ClN2O4/c1-13(2)15-5-4-14(3)19(8-15)27-12-21(26)28-11-20(25)24-18-9-17(22)7-6-16(18)10-23/h4-9,13H,11-12H2,1-3H3,(H,24,25). The molecular formula is C21H21ClN2O4. The number of carbonyl (C=O) groups is 2. The fraction of sp³-hybridized carbons (Fsp3) is 0.286. The lowest BCUT2D eigenvalue weighted by atomic mass is 10.0. The van der Waals surface area contributed by atoms with E-state index in [1.807, 2.05) is 31.2 Å². The molecule has 146 valence electrons. The first-order valence-corrected chi connectivity index (χ1v) is 9.06. The van der Waals surface area contributed by atoms with Crippen molar-refractivity contribution in [1.82, 2.24) is 0 Å². The zero-order valence-electron chi connectivity index (χ0n) is 15.9. The third-order valence-electron chi connectivity index (χ3n) is 3.96. The maximum absolute atomic E-state index is 12.0. The molecule has 1 amide bonds. The number of nitrogens with zero attached hydrogens (tertiary/aromatic N) is 1. The maximum Gasteiger partial charge on any atom is 0.344 e. The molecule has 0 fully saturated rings. The van der Waals surface area contributed by atoms with Gasteiger partial charge in [0.1, 0.15) is 11.8 Å². The van der Waals surface area contributed by atoms with Gasteiger partial charge in [-0.15, -0.1) is 0 Å². The summed E-state index contributed by atoms with van der Waals surface area (Å²) in [5.74, 6) is -0.310. The normalized spacial score (nSPS) is 10.3. The number of hydrogen-bond acceptors (Lipinski definition) is 5. The van der Waals surface area contributed by atoms with Crippen LogP contribution < -0.4 is 10.1 Å². The van der Waals surface area contributed by atoms with Crippen LogP contribution >= 0.6 is 11.6 Å². The first-order valence-electron chi connectivity index (χ1n) is 8.68. The Kier molecular flexibility index (Phi) is 7.42. The van der Waals surface area contributed by atoms with Crippen molar-refractivity contribution in [2.45, 2.75) is 26.7 Å². The molecule has 7 heteroatoms. The molecule has 2 aromatic rings. The number of halogens is 1. The Bertz CT molecular complexity index is 919. The van der Waals surface area contributed by atoms with E-state index < -0.39 is 18.5 Å². The van der Waals surface area contributed by atoms with E-state index in [2.05, 4.69) is 19.2 Å². The second kappa shape index (κ2) is 9.77. The van der Waals surface area contributed by atoms with Crippen molar-refractivity contribution in [2.75, 3.05) is 18.5 Å². The van der Waals surface area contributed by atoms with Crippen LogP contribution in [0.15, 0.2) is 36.4 Å². The number of amides is 1. The van der Waals surface area contributed by atoms with E-state index in [-0.39, 0.29) is 17.9 Å². The minimum Gasteiger partial charge on any atom is -0.482 e. The lowest BCUT2D eigenvalue weighted by molar-refractivity contribution is -0.149. The zero-order chi connectivity index (χ0) is 20.7. The molecule has 6 nitrogen and oxygen atoms in total. The number of ether oxygens (including phenoxy) is 2. The highest BCUT2D eigenvalue weighted by Gasteiger charge is 2.12. The fourth-order valence-corrected chi connectivity index (χ4v) is 2.53. The van der Waals surface area contributed by atoms with Crippen LogP contribution in [0.2, 0.25) is 5.02 Å². The van der Waals surface area contributed by atoms with Crippen LogP contribution in [0.4, 0.5) is 5.69 Å². The quantitative estimate of drug-likeness (QED) is 0.703. The average Bonchev–Trinajstić information content (AvgIpc) is 2.65. The molecule has 0 unspecified atom stereocenters. The number of nitriles is 1. The molecular weight excluding hydrogens is 380 g/mol. The number of benzene rings is 2. The SMILES string of the molecule is Cc1ccc(C(C)C)cc1OCC(=O)OCC(=O)Nc1cc(Cl)ccc1C#N. The van der Waals surface area contributed by atoms with E-state index in [1.165, 1.54) is 12.1 Å². The molecule has 0 aromatic heterocycles. The van der Waals surface area contributed by atoms with Crippen LogP contribution in [-0.4, -0.2) is 25.1 Å². The lowest BCUT2D eigenvalue weighted by Gasteiger charge is -2.12. The topological polar surface area (TPSA) is 88.4 Å². The average molecular weight is 401 g/mol. The van der Waals surface area contributed by atoms with Gasteiger partial charge in [-0.05, 0) is 48.2 Å². The monoisotopic (exact) mass is 400 g/mol. The van der Waals surface area contributed by atoms with E-state index >= 15 is 0 Å². The smallest absolute Gasteiger partial charge is 0.344 e. The third-order valence-corrected chi connectivity index (χ3v) is 4.20. The van der Waals surface area contributed by atoms with Gasteiger partial charge in [-0.25, -0.2) is 4.79 Å². The van der Waals surface area contributed by atoms with Gasteiger partial charge in [0.05, 0.1) is 11.3 Å². The molecule has 0 aliphatic rings. The number of hydrogen-bond donors (Lipinski definition) is 1. The van der Waals surface area contributed by atoms with E-state index in [4.69, 9.17) is 26.3 Å². The summed E-state index contributed by atoms with van der Waals surface area (Å²) in [7, 11) is 0. The summed E-state index contributed by atoms with van der Waals surface area (Å²) in [6, 6.07) is 12.3. The van der Waals surface area contributed by atoms with Crippen molar-refractivity contribution in [3.63, 3.8) is 0 Å². The summed E-state index contributed by atoms with van der Waals surface area (Å²) in [5, 5.41) is 11.9. The predicted octanol–water partition coefficient (Wildman–Crippen LogP) is 4.20. The molecule has 2 aromatic carbocycles. The molecule has 2 rings (SSSR count).